The van der Waals surface area contributed by atoms with Crippen LogP contribution in [0, 0.1) is 0 Å². The van der Waals surface area contributed by atoms with Gasteiger partial charge in [0.15, 0.2) is 0 Å². The third kappa shape index (κ3) is 2.96. The van der Waals surface area contributed by atoms with Gasteiger partial charge >= 0.3 is 0 Å². The van der Waals surface area contributed by atoms with Gasteiger partial charge in [-0.3, -0.25) is 4.90 Å². The monoisotopic (exact) mass is 198 g/mol. The Hall–Kier alpha value is -0.0800. The first-order valence-corrected chi connectivity index (χ1v) is 6.17. The predicted octanol–water partition coefficient (Wildman–Crippen LogP) is 2.20. The van der Waals surface area contributed by atoms with Crippen molar-refractivity contribution in [3.05, 3.63) is 0 Å². The highest BCUT2D eigenvalue weighted by atomic mass is 15.3. The van der Waals surface area contributed by atoms with Gasteiger partial charge in [-0.15, -0.1) is 0 Å². The van der Waals surface area contributed by atoms with E-state index >= 15 is 0 Å². The van der Waals surface area contributed by atoms with E-state index in [0.717, 1.165) is 6.04 Å². The van der Waals surface area contributed by atoms with E-state index in [2.05, 4.69) is 37.5 Å². The van der Waals surface area contributed by atoms with Gasteiger partial charge in [0.1, 0.15) is 0 Å². The summed E-state index contributed by atoms with van der Waals surface area (Å²) < 4.78 is 0. The zero-order chi connectivity index (χ0) is 10.6. The van der Waals surface area contributed by atoms with E-state index in [-0.39, 0.29) is 0 Å². The molecule has 2 heteroatoms. The fraction of sp³-hybridized carbons (Fsp3) is 1.00. The van der Waals surface area contributed by atoms with E-state index in [0.29, 0.717) is 6.04 Å². The third-order valence-electron chi connectivity index (χ3n) is 3.31. The molecule has 0 radical (unpaired) electrons. The molecule has 0 N–H and O–H groups in total. The number of hydrogen-bond acceptors (Lipinski definition) is 2. The molecule has 1 aliphatic rings. The van der Waals surface area contributed by atoms with Crippen LogP contribution >= 0.6 is 0 Å². The lowest BCUT2D eigenvalue weighted by molar-refractivity contribution is 0.153. The molecule has 1 unspecified atom stereocenters. The molecule has 0 saturated carbocycles. The highest BCUT2D eigenvalue weighted by Crippen LogP contribution is 2.17. The lowest BCUT2D eigenvalue weighted by Gasteiger charge is -2.32. The van der Waals surface area contributed by atoms with Gasteiger partial charge in [0.2, 0.25) is 0 Å². The highest BCUT2D eigenvalue weighted by Gasteiger charge is 2.27. The normalized spacial score (nSPS) is 24.0. The molecule has 0 spiro atoms. The van der Waals surface area contributed by atoms with Gasteiger partial charge in [0.25, 0.3) is 0 Å². The van der Waals surface area contributed by atoms with E-state index in [1.54, 1.807) is 0 Å². The number of likely N-dealkylation sites (N-methyl/N-ethyl adjacent to an activating group) is 1. The van der Waals surface area contributed by atoms with Crippen molar-refractivity contribution in [2.24, 2.45) is 0 Å². The van der Waals surface area contributed by atoms with Crippen LogP contribution in [0.2, 0.25) is 0 Å². The summed E-state index contributed by atoms with van der Waals surface area (Å²) in [5, 5.41) is 0. The molecule has 1 atom stereocenters. The average molecular weight is 198 g/mol. The molecule has 1 rings (SSSR count). The molecular weight excluding hydrogens is 172 g/mol. The van der Waals surface area contributed by atoms with E-state index in [1.165, 1.54) is 39.0 Å². The van der Waals surface area contributed by atoms with Crippen LogP contribution in [0.3, 0.4) is 0 Å². The van der Waals surface area contributed by atoms with E-state index in [4.69, 9.17) is 0 Å². The molecule has 0 bridgehead atoms. The molecule has 1 heterocycles. The lowest BCUT2D eigenvalue weighted by Crippen LogP contribution is -2.42. The Morgan fingerprint density at radius 1 is 1.36 bits per heavy atom. The molecular formula is C12H26N2. The summed E-state index contributed by atoms with van der Waals surface area (Å²) in [6.07, 6.45) is 2.65. The minimum Gasteiger partial charge on any atom is -0.302 e. The molecule has 1 fully saturated rings. The van der Waals surface area contributed by atoms with Crippen LogP contribution in [0.1, 0.15) is 40.5 Å². The van der Waals surface area contributed by atoms with E-state index in [9.17, 15) is 0 Å². The topological polar surface area (TPSA) is 6.48 Å². The minimum absolute atomic E-state index is 0.705. The fourth-order valence-electron chi connectivity index (χ4n) is 2.49. The summed E-state index contributed by atoms with van der Waals surface area (Å²) >= 11 is 0. The Labute approximate surface area is 89.3 Å². The Morgan fingerprint density at radius 2 is 2.07 bits per heavy atom. The largest absolute Gasteiger partial charge is 0.302 e. The maximum Gasteiger partial charge on any atom is 0.0238 e. The standard InChI is InChI=1S/C12H26N2/c1-5-8-14(11(3)4)12-7-9-13(6-2)10-12/h11-12H,5-10H2,1-4H3. The number of hydrogen-bond donors (Lipinski definition) is 0. The summed E-state index contributed by atoms with van der Waals surface area (Å²) in [4.78, 5) is 5.24. The van der Waals surface area contributed by atoms with Gasteiger partial charge in [-0.25, -0.2) is 0 Å². The minimum atomic E-state index is 0.705. The Balaban J connectivity index is 2.44. The van der Waals surface area contributed by atoms with Crippen LogP contribution in [0.25, 0.3) is 0 Å². The van der Waals surface area contributed by atoms with Crippen molar-refractivity contribution in [2.45, 2.75) is 52.6 Å². The van der Waals surface area contributed by atoms with Crippen molar-refractivity contribution in [3.63, 3.8) is 0 Å². The fourth-order valence-corrected chi connectivity index (χ4v) is 2.49. The van der Waals surface area contributed by atoms with Gasteiger partial charge in [-0.1, -0.05) is 13.8 Å². The molecule has 0 aliphatic carbocycles. The summed E-state index contributed by atoms with van der Waals surface area (Å²) in [5.41, 5.74) is 0. The summed E-state index contributed by atoms with van der Waals surface area (Å²) in [5.74, 6) is 0. The van der Waals surface area contributed by atoms with Gasteiger partial charge < -0.3 is 4.90 Å². The van der Waals surface area contributed by atoms with Gasteiger partial charge in [-0.05, 0) is 46.3 Å². The number of rotatable bonds is 5. The quantitative estimate of drug-likeness (QED) is 0.668. The molecule has 1 saturated heterocycles. The smallest absolute Gasteiger partial charge is 0.0238 e. The highest BCUT2D eigenvalue weighted by molar-refractivity contribution is 4.84. The molecule has 0 aromatic rings. The van der Waals surface area contributed by atoms with Crippen LogP contribution < -0.4 is 0 Å². The van der Waals surface area contributed by atoms with E-state index in [1.807, 2.05) is 0 Å². The molecule has 2 nitrogen and oxygen atoms in total. The van der Waals surface area contributed by atoms with Crippen LogP contribution in [0.15, 0.2) is 0 Å². The van der Waals surface area contributed by atoms with Crippen LogP contribution in [-0.4, -0.2) is 48.1 Å². The summed E-state index contributed by atoms with van der Waals surface area (Å²) in [6, 6.07) is 1.52. The first kappa shape index (κ1) is 12.0. The molecule has 0 aromatic heterocycles. The van der Waals surface area contributed by atoms with Crippen LogP contribution in [-0.2, 0) is 0 Å². The molecule has 0 amide bonds. The first-order chi connectivity index (χ1) is 6.69. The molecule has 0 aromatic carbocycles. The van der Waals surface area contributed by atoms with Crippen molar-refractivity contribution in [3.8, 4) is 0 Å². The number of nitrogens with zero attached hydrogens (tertiary/aromatic N) is 2. The van der Waals surface area contributed by atoms with Gasteiger partial charge in [0.05, 0.1) is 0 Å². The predicted molar refractivity (Wildman–Crippen MR) is 62.7 cm³/mol. The second-order valence-electron chi connectivity index (χ2n) is 4.67. The SMILES string of the molecule is CCCN(C(C)C)C1CCN(CC)C1. The van der Waals surface area contributed by atoms with Crippen LogP contribution in [0.4, 0.5) is 0 Å². The Morgan fingerprint density at radius 3 is 2.50 bits per heavy atom. The van der Waals surface area contributed by atoms with Crippen LogP contribution in [0.5, 0.6) is 0 Å². The summed E-state index contributed by atoms with van der Waals surface area (Å²) in [6.45, 7) is 14.3. The van der Waals surface area contributed by atoms with Crippen molar-refractivity contribution < 1.29 is 0 Å². The molecule has 1 aliphatic heterocycles. The van der Waals surface area contributed by atoms with Crippen molar-refractivity contribution in [1.82, 2.24) is 9.80 Å². The second kappa shape index (κ2) is 5.72. The number of likely N-dealkylation sites (tertiary alicyclic amines) is 1. The van der Waals surface area contributed by atoms with Crippen molar-refractivity contribution in [2.75, 3.05) is 26.2 Å². The van der Waals surface area contributed by atoms with E-state index < -0.39 is 0 Å². The maximum absolute atomic E-state index is 2.68. The molecule has 84 valence electrons. The Bertz CT molecular complexity index is 156. The lowest BCUT2D eigenvalue weighted by atomic mass is 10.1. The van der Waals surface area contributed by atoms with Gasteiger partial charge in [0, 0.05) is 18.6 Å². The maximum atomic E-state index is 2.68. The zero-order valence-electron chi connectivity index (χ0n) is 10.3. The zero-order valence-corrected chi connectivity index (χ0v) is 10.3. The van der Waals surface area contributed by atoms with Gasteiger partial charge in [-0.2, -0.15) is 0 Å². The average Bonchev–Trinajstić information content (AvgIpc) is 2.61. The second-order valence-corrected chi connectivity index (χ2v) is 4.67. The Kier molecular flexibility index (Phi) is 4.90. The first-order valence-electron chi connectivity index (χ1n) is 6.17. The van der Waals surface area contributed by atoms with Crippen molar-refractivity contribution >= 4 is 0 Å². The summed E-state index contributed by atoms with van der Waals surface area (Å²) in [7, 11) is 0. The van der Waals surface area contributed by atoms with Crippen molar-refractivity contribution in [1.29, 1.82) is 0 Å². The molecule has 14 heavy (non-hydrogen) atoms. The third-order valence-corrected chi connectivity index (χ3v) is 3.31.